The normalized spacial score (nSPS) is 13.7. The summed E-state index contributed by atoms with van der Waals surface area (Å²) < 4.78 is 0. The number of carbonyl (C=O) groups is 1. The molecule has 4 nitrogen and oxygen atoms in total. The summed E-state index contributed by atoms with van der Waals surface area (Å²) in [5.41, 5.74) is 0. The van der Waals surface area contributed by atoms with E-state index in [4.69, 9.17) is 0 Å². The zero-order valence-electron chi connectivity index (χ0n) is 46.0. The molecule has 0 aromatic heterocycles. The van der Waals surface area contributed by atoms with Crippen molar-refractivity contribution in [2.24, 2.45) is 0 Å². The molecule has 0 radical (unpaired) electrons. The summed E-state index contributed by atoms with van der Waals surface area (Å²) in [5, 5.41) is 23.3. The molecule has 4 heteroatoms. The lowest BCUT2D eigenvalue weighted by atomic mass is 10.0. The molecule has 70 heavy (non-hydrogen) atoms. The molecular weight excluding hydrogens is 855 g/mol. The van der Waals surface area contributed by atoms with Gasteiger partial charge in [0, 0.05) is 6.42 Å². The fourth-order valence-electron chi connectivity index (χ4n) is 8.51. The van der Waals surface area contributed by atoms with Crippen LogP contribution in [0.3, 0.4) is 0 Å². The molecule has 2 atom stereocenters. The van der Waals surface area contributed by atoms with Gasteiger partial charge in [-0.2, -0.15) is 0 Å². The Kier molecular flexibility index (Phi) is 57.3. The fourth-order valence-corrected chi connectivity index (χ4v) is 8.51. The van der Waals surface area contributed by atoms with Crippen molar-refractivity contribution in [2.45, 2.75) is 283 Å². The van der Waals surface area contributed by atoms with Crippen LogP contribution in [-0.4, -0.2) is 34.9 Å². The van der Waals surface area contributed by atoms with Crippen molar-refractivity contribution in [1.29, 1.82) is 0 Å². The van der Waals surface area contributed by atoms with Crippen molar-refractivity contribution < 1.29 is 15.0 Å². The van der Waals surface area contributed by atoms with Crippen molar-refractivity contribution in [3.05, 3.63) is 122 Å². The third-order valence-electron chi connectivity index (χ3n) is 13.0. The van der Waals surface area contributed by atoms with Crippen molar-refractivity contribution >= 4 is 5.91 Å². The van der Waals surface area contributed by atoms with Gasteiger partial charge >= 0.3 is 0 Å². The highest BCUT2D eigenvalue weighted by Gasteiger charge is 2.20. The second-order valence-electron chi connectivity index (χ2n) is 19.7. The van der Waals surface area contributed by atoms with Gasteiger partial charge in [0.2, 0.25) is 5.91 Å². The Morgan fingerprint density at radius 3 is 0.943 bits per heavy atom. The molecule has 400 valence electrons. The number of hydrogen-bond acceptors (Lipinski definition) is 3. The summed E-state index contributed by atoms with van der Waals surface area (Å²) in [7, 11) is 0. The van der Waals surface area contributed by atoms with E-state index in [0.29, 0.717) is 12.8 Å². The first kappa shape index (κ1) is 66.8. The van der Waals surface area contributed by atoms with Crippen molar-refractivity contribution in [2.75, 3.05) is 6.61 Å². The molecule has 0 spiro atoms. The molecule has 0 aromatic carbocycles. The summed E-state index contributed by atoms with van der Waals surface area (Å²) in [6.45, 7) is 4.25. The monoisotopic (exact) mass is 968 g/mol. The van der Waals surface area contributed by atoms with E-state index >= 15 is 0 Å². The van der Waals surface area contributed by atoms with Crippen LogP contribution in [0.5, 0.6) is 0 Å². The summed E-state index contributed by atoms with van der Waals surface area (Å²) in [6, 6.07) is -0.546. The van der Waals surface area contributed by atoms with E-state index < -0.39 is 12.1 Å². The Labute approximate surface area is 435 Å². The Bertz CT molecular complexity index is 1380. The maximum Gasteiger partial charge on any atom is 0.220 e. The van der Waals surface area contributed by atoms with E-state index in [2.05, 4.69) is 141 Å². The number of rotatable bonds is 53. The molecule has 2 unspecified atom stereocenters. The van der Waals surface area contributed by atoms with Gasteiger partial charge in [-0.25, -0.2) is 0 Å². The van der Waals surface area contributed by atoms with E-state index in [1.54, 1.807) is 0 Å². The molecule has 0 saturated heterocycles. The lowest BCUT2D eigenvalue weighted by molar-refractivity contribution is -0.123. The van der Waals surface area contributed by atoms with Crippen LogP contribution in [0.25, 0.3) is 0 Å². The SMILES string of the molecule is CC/C=C\C/C=C\C/C=C\C/C=C\C/C=C\C/C=C\C/C=C\C/C=C\C/C=C\C/C=C\CCCCCCCCCCCCC(=O)NC(CO)C(O)CCCCCCCCCCCCCCCCCCC. The second-order valence-corrected chi connectivity index (χ2v) is 19.7. The smallest absolute Gasteiger partial charge is 0.220 e. The van der Waals surface area contributed by atoms with Crippen molar-refractivity contribution in [3.8, 4) is 0 Å². The molecule has 3 N–H and O–H groups in total. The van der Waals surface area contributed by atoms with E-state index in [1.165, 1.54) is 154 Å². The van der Waals surface area contributed by atoms with E-state index in [-0.39, 0.29) is 12.5 Å². The second kappa shape index (κ2) is 60.1. The van der Waals surface area contributed by atoms with Gasteiger partial charge in [0.05, 0.1) is 18.8 Å². The standard InChI is InChI=1S/C66H113NO3/c1-3-5-7-9-11-13-15-17-19-21-22-23-24-25-26-27-28-29-30-31-32-33-34-35-36-37-38-39-40-41-42-43-44-46-48-50-52-54-56-58-60-62-66(70)67-64(63-68)65(69)61-59-57-55-53-51-49-47-45-20-18-16-14-12-10-8-6-4-2/h5,7,11,13,17,19,22-23,25-26,28-29,31-32,34-35,37-38,40-41,64-65,68-69H,3-4,6,8-10,12,14-16,18,20-21,24,27,30,33,36,39,42-63H2,1-2H3,(H,67,70)/b7-5-,13-11-,19-17-,23-22-,26-25-,29-28-,32-31-,35-34-,38-37-,41-40-. The van der Waals surface area contributed by atoms with Gasteiger partial charge in [-0.1, -0.05) is 296 Å². The molecule has 0 heterocycles. The van der Waals surface area contributed by atoms with E-state index in [0.717, 1.165) is 89.9 Å². The fraction of sp³-hybridized carbons (Fsp3) is 0.682. The highest BCUT2D eigenvalue weighted by Crippen LogP contribution is 2.16. The Morgan fingerprint density at radius 1 is 0.357 bits per heavy atom. The third-order valence-corrected chi connectivity index (χ3v) is 13.0. The molecule has 1 amide bonds. The minimum Gasteiger partial charge on any atom is -0.394 e. The van der Waals surface area contributed by atoms with Gasteiger partial charge in [0.1, 0.15) is 0 Å². The van der Waals surface area contributed by atoms with E-state index in [9.17, 15) is 15.0 Å². The molecule has 0 aliphatic carbocycles. The van der Waals surface area contributed by atoms with Crippen LogP contribution in [0, 0.1) is 0 Å². The minimum atomic E-state index is -0.668. The largest absolute Gasteiger partial charge is 0.394 e. The average molecular weight is 969 g/mol. The highest BCUT2D eigenvalue weighted by atomic mass is 16.3. The summed E-state index contributed by atoms with van der Waals surface area (Å²) >= 11 is 0. The number of carbonyl (C=O) groups excluding carboxylic acids is 1. The summed E-state index contributed by atoms with van der Waals surface area (Å²) in [4.78, 5) is 12.5. The Balaban J connectivity index is 3.57. The number of aliphatic hydroxyl groups excluding tert-OH is 2. The predicted molar refractivity (Wildman–Crippen MR) is 312 cm³/mol. The molecule has 0 aromatic rings. The summed E-state index contributed by atoms with van der Waals surface area (Å²) in [6.07, 6.45) is 91.9. The minimum absolute atomic E-state index is 0.0389. The lowest BCUT2D eigenvalue weighted by Crippen LogP contribution is -2.45. The quantitative estimate of drug-likeness (QED) is 0.0420. The van der Waals surface area contributed by atoms with Crippen LogP contribution in [-0.2, 0) is 4.79 Å². The highest BCUT2D eigenvalue weighted by molar-refractivity contribution is 5.76. The molecule has 0 fully saturated rings. The first-order chi connectivity index (χ1) is 34.7. The summed E-state index contributed by atoms with van der Waals surface area (Å²) in [5.74, 6) is -0.0389. The van der Waals surface area contributed by atoms with Crippen LogP contribution in [0.15, 0.2) is 122 Å². The van der Waals surface area contributed by atoms with Crippen molar-refractivity contribution in [3.63, 3.8) is 0 Å². The first-order valence-electron chi connectivity index (χ1n) is 29.7. The van der Waals surface area contributed by atoms with Crippen LogP contribution < -0.4 is 5.32 Å². The maximum atomic E-state index is 12.5. The van der Waals surface area contributed by atoms with E-state index in [1.807, 2.05) is 0 Å². The van der Waals surface area contributed by atoms with Gasteiger partial charge < -0.3 is 15.5 Å². The van der Waals surface area contributed by atoms with Gasteiger partial charge in [-0.3, -0.25) is 4.79 Å². The Morgan fingerprint density at radius 2 is 0.629 bits per heavy atom. The topological polar surface area (TPSA) is 69.6 Å². The van der Waals surface area contributed by atoms with Crippen molar-refractivity contribution in [1.82, 2.24) is 5.32 Å². The average Bonchev–Trinajstić information content (AvgIpc) is 3.36. The number of unbranched alkanes of at least 4 members (excludes halogenated alkanes) is 26. The van der Waals surface area contributed by atoms with Crippen LogP contribution in [0.4, 0.5) is 0 Å². The number of nitrogens with one attached hydrogen (secondary N) is 1. The van der Waals surface area contributed by atoms with Gasteiger partial charge in [0.25, 0.3) is 0 Å². The van der Waals surface area contributed by atoms with Gasteiger partial charge in [-0.15, -0.1) is 0 Å². The van der Waals surface area contributed by atoms with Crippen LogP contribution >= 0.6 is 0 Å². The van der Waals surface area contributed by atoms with Gasteiger partial charge in [0.15, 0.2) is 0 Å². The lowest BCUT2D eigenvalue weighted by Gasteiger charge is -2.22. The number of hydrogen-bond donors (Lipinski definition) is 3. The maximum absolute atomic E-state index is 12.5. The first-order valence-corrected chi connectivity index (χ1v) is 29.7. The third kappa shape index (κ3) is 55.7. The molecular formula is C66H113NO3. The van der Waals surface area contributed by atoms with Gasteiger partial charge in [-0.05, 0) is 89.9 Å². The predicted octanol–water partition coefficient (Wildman–Crippen LogP) is 20.0. The van der Waals surface area contributed by atoms with Crippen LogP contribution in [0.1, 0.15) is 271 Å². The number of allylic oxidation sites excluding steroid dienone is 20. The Hall–Kier alpha value is -3.21. The molecule has 0 saturated carbocycles. The molecule has 0 bridgehead atoms. The van der Waals surface area contributed by atoms with Crippen LogP contribution in [0.2, 0.25) is 0 Å². The molecule has 0 rings (SSSR count). The zero-order chi connectivity index (χ0) is 50.6. The zero-order valence-corrected chi connectivity index (χ0v) is 46.0. The number of amides is 1. The molecule has 0 aliphatic rings. The molecule has 0 aliphatic heterocycles. The number of aliphatic hydroxyl groups is 2.